The Bertz CT molecular complexity index is 1550. The van der Waals surface area contributed by atoms with Crippen LogP contribution in [-0.2, 0) is 14.8 Å². The summed E-state index contributed by atoms with van der Waals surface area (Å²) in [5.41, 5.74) is 0.965. The topological polar surface area (TPSA) is 125 Å². The Morgan fingerprint density at radius 2 is 1.72 bits per heavy atom. The number of rotatable bonds is 8. The van der Waals surface area contributed by atoms with Crippen molar-refractivity contribution in [1.29, 1.82) is 0 Å². The van der Waals surface area contributed by atoms with E-state index in [2.05, 4.69) is 4.72 Å². The highest BCUT2D eigenvalue weighted by atomic mass is 32.2. The van der Waals surface area contributed by atoms with Crippen molar-refractivity contribution >= 4 is 27.5 Å². The molecule has 0 saturated heterocycles. The van der Waals surface area contributed by atoms with Gasteiger partial charge >= 0.3 is 0 Å². The number of nitrogens with one attached hydrogen (secondary N) is 1. The second kappa shape index (κ2) is 16.1. The summed E-state index contributed by atoms with van der Waals surface area (Å²) in [4.78, 5) is 30.8. The summed E-state index contributed by atoms with van der Waals surface area (Å²) >= 11 is 0. The van der Waals surface area contributed by atoms with Crippen LogP contribution in [0, 0.1) is 5.92 Å². The van der Waals surface area contributed by atoms with Gasteiger partial charge in [0.2, 0.25) is 0 Å². The number of aliphatic hydroxyl groups is 1. The van der Waals surface area contributed by atoms with Gasteiger partial charge in [-0.2, -0.15) is 0 Å². The van der Waals surface area contributed by atoms with Gasteiger partial charge in [0.25, 0.3) is 21.8 Å². The number of aliphatic hydroxyl groups excluding tert-OH is 1. The predicted molar refractivity (Wildman–Crippen MR) is 178 cm³/mol. The second-order valence-corrected chi connectivity index (χ2v) is 13.7. The van der Waals surface area contributed by atoms with Gasteiger partial charge in [0.15, 0.2) is 0 Å². The second-order valence-electron chi connectivity index (χ2n) is 12.0. The molecule has 0 fully saturated rings. The van der Waals surface area contributed by atoms with Gasteiger partial charge in [-0.3, -0.25) is 14.3 Å². The van der Waals surface area contributed by atoms with Gasteiger partial charge in [-0.15, -0.1) is 0 Å². The number of carbonyl (C=O) groups is 2. The normalized spacial score (nSPS) is 20.5. The van der Waals surface area contributed by atoms with Crippen LogP contribution in [0.4, 0.5) is 5.69 Å². The van der Waals surface area contributed by atoms with Crippen LogP contribution in [0.2, 0.25) is 0 Å². The number of amides is 2. The lowest BCUT2D eigenvalue weighted by atomic mass is 10.0. The Hall–Kier alpha value is -3.93. The number of carbonyl (C=O) groups excluding carboxylic acids is 2. The van der Waals surface area contributed by atoms with E-state index in [1.54, 1.807) is 66.2 Å². The molecule has 3 aromatic rings. The Balaban J connectivity index is 1.66. The van der Waals surface area contributed by atoms with Gasteiger partial charge in [0.1, 0.15) is 5.75 Å². The minimum Gasteiger partial charge on any atom is -0.490 e. The standard InChI is InChI=1S/C35H45N3O7S/c1-25-22-38(26(2)24-39)35(41)31-21-29(36-46(42,43)30-16-9-6-10-17-30)18-19-32(31)45-27(3)13-11-12-20-44-33(25)23-37(4)34(40)28-14-7-5-8-15-28/h5-10,14-19,21,25-27,33,36,39H,11-13,20,22-24H2,1-4H3/t25-,26+,27-,33-/m0/s1. The van der Waals surface area contributed by atoms with E-state index in [-0.39, 0.29) is 53.3 Å². The first-order chi connectivity index (χ1) is 22.0. The number of anilines is 1. The van der Waals surface area contributed by atoms with Crippen LogP contribution in [0.1, 0.15) is 60.7 Å². The van der Waals surface area contributed by atoms with E-state index in [4.69, 9.17) is 9.47 Å². The first kappa shape index (κ1) is 34.9. The number of nitrogens with zero attached hydrogens (tertiary/aromatic N) is 2. The molecule has 248 valence electrons. The molecular formula is C35H45N3O7S. The largest absolute Gasteiger partial charge is 0.490 e. The zero-order chi connectivity index (χ0) is 33.3. The van der Waals surface area contributed by atoms with Crippen molar-refractivity contribution < 1.29 is 32.6 Å². The maximum atomic E-state index is 14.3. The molecule has 3 aromatic carbocycles. The van der Waals surface area contributed by atoms with E-state index < -0.39 is 22.0 Å². The van der Waals surface area contributed by atoms with Gasteiger partial charge in [-0.1, -0.05) is 43.3 Å². The summed E-state index contributed by atoms with van der Waals surface area (Å²) in [6.07, 6.45) is 1.71. The number of sulfonamides is 1. The van der Waals surface area contributed by atoms with Gasteiger partial charge < -0.3 is 24.4 Å². The number of benzene rings is 3. The fourth-order valence-corrected chi connectivity index (χ4v) is 6.49. The molecule has 46 heavy (non-hydrogen) atoms. The van der Waals surface area contributed by atoms with Crippen molar-refractivity contribution in [3.05, 3.63) is 90.0 Å². The first-order valence-corrected chi connectivity index (χ1v) is 17.2. The lowest BCUT2D eigenvalue weighted by Crippen LogP contribution is -2.48. The molecule has 11 heteroatoms. The maximum absolute atomic E-state index is 14.3. The molecule has 4 rings (SSSR count). The Kier molecular flexibility index (Phi) is 12.2. The summed E-state index contributed by atoms with van der Waals surface area (Å²) in [6, 6.07) is 21.1. The summed E-state index contributed by atoms with van der Waals surface area (Å²) in [5.74, 6) is -0.435. The van der Waals surface area contributed by atoms with Gasteiger partial charge in [-0.25, -0.2) is 8.42 Å². The number of fused-ring (bicyclic) bond motifs is 1. The van der Waals surface area contributed by atoms with Gasteiger partial charge in [-0.05, 0) is 75.6 Å². The third kappa shape index (κ3) is 9.08. The third-order valence-corrected chi connectivity index (χ3v) is 9.58. The molecule has 1 aliphatic heterocycles. The maximum Gasteiger partial charge on any atom is 0.261 e. The molecule has 0 radical (unpaired) electrons. The predicted octanol–water partition coefficient (Wildman–Crippen LogP) is 5.06. The van der Waals surface area contributed by atoms with Crippen LogP contribution in [-0.4, -0.2) is 86.7 Å². The highest BCUT2D eigenvalue weighted by Gasteiger charge is 2.31. The lowest BCUT2D eigenvalue weighted by molar-refractivity contribution is -0.0149. The average molecular weight is 652 g/mol. The average Bonchev–Trinajstić information content (AvgIpc) is 3.06. The molecular weight excluding hydrogens is 606 g/mol. The van der Waals surface area contributed by atoms with E-state index in [1.807, 2.05) is 32.0 Å². The Morgan fingerprint density at radius 1 is 1.04 bits per heavy atom. The highest BCUT2D eigenvalue weighted by molar-refractivity contribution is 7.92. The van der Waals surface area contributed by atoms with E-state index in [0.717, 1.165) is 12.8 Å². The van der Waals surface area contributed by atoms with Crippen LogP contribution in [0.25, 0.3) is 0 Å². The number of hydrogen-bond acceptors (Lipinski definition) is 7. The Morgan fingerprint density at radius 3 is 2.39 bits per heavy atom. The van der Waals surface area contributed by atoms with E-state index >= 15 is 0 Å². The summed E-state index contributed by atoms with van der Waals surface area (Å²) in [6.45, 7) is 6.37. The molecule has 0 bridgehead atoms. The number of hydrogen-bond donors (Lipinski definition) is 2. The first-order valence-electron chi connectivity index (χ1n) is 15.7. The summed E-state index contributed by atoms with van der Waals surface area (Å²) in [5, 5.41) is 10.2. The fourth-order valence-electron chi connectivity index (χ4n) is 5.42. The van der Waals surface area contributed by atoms with Crippen molar-refractivity contribution in [3.63, 3.8) is 0 Å². The molecule has 0 aliphatic carbocycles. The monoisotopic (exact) mass is 651 g/mol. The number of ether oxygens (including phenoxy) is 2. The van der Waals surface area contributed by atoms with Crippen LogP contribution >= 0.6 is 0 Å². The van der Waals surface area contributed by atoms with Crippen LogP contribution < -0.4 is 9.46 Å². The van der Waals surface area contributed by atoms with Crippen molar-refractivity contribution in [2.45, 2.75) is 63.2 Å². The minimum absolute atomic E-state index is 0.0948. The van der Waals surface area contributed by atoms with Gasteiger partial charge in [0, 0.05) is 43.9 Å². The molecule has 0 saturated carbocycles. The smallest absolute Gasteiger partial charge is 0.261 e. The van der Waals surface area contributed by atoms with Crippen LogP contribution in [0.5, 0.6) is 5.75 Å². The van der Waals surface area contributed by atoms with Gasteiger partial charge in [0.05, 0.1) is 35.3 Å². The zero-order valence-electron chi connectivity index (χ0n) is 27.0. The van der Waals surface area contributed by atoms with Crippen molar-refractivity contribution in [2.24, 2.45) is 5.92 Å². The van der Waals surface area contributed by atoms with Crippen LogP contribution in [0.15, 0.2) is 83.8 Å². The quantitative estimate of drug-likeness (QED) is 0.349. The minimum atomic E-state index is -3.91. The summed E-state index contributed by atoms with van der Waals surface area (Å²) < 4.78 is 41.4. The zero-order valence-corrected chi connectivity index (χ0v) is 27.8. The van der Waals surface area contributed by atoms with Crippen molar-refractivity contribution in [1.82, 2.24) is 9.80 Å². The molecule has 0 aromatic heterocycles. The Labute approximate surface area is 272 Å². The van der Waals surface area contributed by atoms with E-state index in [1.165, 1.54) is 18.2 Å². The molecule has 2 amide bonds. The molecule has 10 nitrogen and oxygen atoms in total. The third-order valence-electron chi connectivity index (χ3n) is 8.18. The SMILES string of the molecule is C[C@H](CO)N1C[C@H](C)[C@H](CN(C)C(=O)c2ccccc2)OCCCC[C@H](C)Oc2ccc(NS(=O)(=O)c3ccccc3)cc2C1=O. The molecule has 4 atom stereocenters. The van der Waals surface area contributed by atoms with E-state index in [0.29, 0.717) is 30.9 Å². The van der Waals surface area contributed by atoms with Crippen LogP contribution in [0.3, 0.4) is 0 Å². The molecule has 1 aliphatic rings. The van der Waals surface area contributed by atoms with Crippen molar-refractivity contribution in [2.75, 3.05) is 38.1 Å². The summed E-state index contributed by atoms with van der Waals surface area (Å²) in [7, 11) is -2.17. The van der Waals surface area contributed by atoms with E-state index in [9.17, 15) is 23.1 Å². The molecule has 1 heterocycles. The molecule has 0 unspecified atom stereocenters. The molecule has 2 N–H and O–H groups in total. The fraction of sp³-hybridized carbons (Fsp3) is 0.429. The van der Waals surface area contributed by atoms with Crippen molar-refractivity contribution in [3.8, 4) is 5.75 Å². The number of likely N-dealkylation sites (N-methyl/N-ethyl adjacent to an activating group) is 1. The highest BCUT2D eigenvalue weighted by Crippen LogP contribution is 2.29. The lowest BCUT2D eigenvalue weighted by Gasteiger charge is -2.36. The molecule has 0 spiro atoms.